The lowest BCUT2D eigenvalue weighted by Gasteiger charge is -2.34. The van der Waals surface area contributed by atoms with Crippen molar-refractivity contribution in [3.8, 4) is 0 Å². The first-order chi connectivity index (χ1) is 13.6. The zero-order valence-electron chi connectivity index (χ0n) is 16.4. The molecule has 0 radical (unpaired) electrons. The molecule has 3 amide bonds. The Hall–Kier alpha value is -2.13. The van der Waals surface area contributed by atoms with E-state index < -0.39 is 0 Å². The van der Waals surface area contributed by atoms with E-state index in [0.717, 1.165) is 24.2 Å². The number of hydrogen-bond donors (Lipinski definition) is 1. The molecule has 1 aliphatic carbocycles. The maximum atomic E-state index is 12.5. The molecular formula is C19H29N5O4. The van der Waals surface area contributed by atoms with Gasteiger partial charge in [-0.25, -0.2) is 4.79 Å². The van der Waals surface area contributed by atoms with Crippen molar-refractivity contribution in [2.75, 3.05) is 40.0 Å². The Morgan fingerprint density at radius 1 is 1.32 bits per heavy atom. The molecule has 4 rings (SSSR count). The minimum atomic E-state index is -0.165. The molecule has 0 unspecified atom stereocenters. The SMILES string of the molecule is CN(C[C@H]1COCCO1)C(=O)NCc1cc2n(n1)CCN(C(=O)C1CCC1)C2. The van der Waals surface area contributed by atoms with Crippen LogP contribution in [-0.2, 0) is 33.9 Å². The van der Waals surface area contributed by atoms with Crippen LogP contribution in [0.4, 0.5) is 4.79 Å². The maximum absolute atomic E-state index is 12.5. The van der Waals surface area contributed by atoms with Gasteiger partial charge in [-0.3, -0.25) is 9.48 Å². The second-order valence-electron chi connectivity index (χ2n) is 7.84. The largest absolute Gasteiger partial charge is 0.376 e. The van der Waals surface area contributed by atoms with Gasteiger partial charge in [0.05, 0.1) is 63.5 Å². The third kappa shape index (κ3) is 4.30. The fourth-order valence-corrected chi connectivity index (χ4v) is 3.85. The number of nitrogens with one attached hydrogen (secondary N) is 1. The average Bonchev–Trinajstić information content (AvgIpc) is 3.07. The molecule has 1 saturated carbocycles. The summed E-state index contributed by atoms with van der Waals surface area (Å²) in [6.07, 6.45) is 3.14. The lowest BCUT2D eigenvalue weighted by molar-refractivity contribution is -0.139. The van der Waals surface area contributed by atoms with Gasteiger partial charge in [0.2, 0.25) is 5.91 Å². The summed E-state index contributed by atoms with van der Waals surface area (Å²) in [5.74, 6) is 0.506. The number of urea groups is 1. The quantitative estimate of drug-likeness (QED) is 0.793. The number of likely N-dealkylation sites (N-methyl/N-ethyl adjacent to an activating group) is 1. The van der Waals surface area contributed by atoms with Gasteiger partial charge in [0, 0.05) is 19.5 Å². The normalized spacial score (nSPS) is 22.3. The fourth-order valence-electron chi connectivity index (χ4n) is 3.85. The molecule has 3 aliphatic rings. The number of amides is 3. The monoisotopic (exact) mass is 391 g/mol. The summed E-state index contributed by atoms with van der Waals surface area (Å²) in [6.45, 7) is 4.58. The first-order valence-corrected chi connectivity index (χ1v) is 10.1. The molecule has 0 bridgehead atoms. The van der Waals surface area contributed by atoms with Crippen molar-refractivity contribution in [1.82, 2.24) is 24.9 Å². The van der Waals surface area contributed by atoms with E-state index in [1.54, 1.807) is 11.9 Å². The van der Waals surface area contributed by atoms with E-state index in [4.69, 9.17) is 9.47 Å². The van der Waals surface area contributed by atoms with Crippen molar-refractivity contribution in [2.45, 2.75) is 45.0 Å². The van der Waals surface area contributed by atoms with Crippen LogP contribution in [-0.4, -0.2) is 77.6 Å². The molecule has 2 aliphatic heterocycles. The topological polar surface area (TPSA) is 88.9 Å². The van der Waals surface area contributed by atoms with E-state index >= 15 is 0 Å². The fraction of sp³-hybridized carbons (Fsp3) is 0.737. The third-order valence-corrected chi connectivity index (χ3v) is 5.74. The van der Waals surface area contributed by atoms with Crippen LogP contribution in [0, 0.1) is 5.92 Å². The second-order valence-corrected chi connectivity index (χ2v) is 7.84. The van der Waals surface area contributed by atoms with E-state index in [1.165, 1.54) is 6.42 Å². The van der Waals surface area contributed by atoms with E-state index in [2.05, 4.69) is 10.4 Å². The Labute approximate surface area is 164 Å². The van der Waals surface area contributed by atoms with Gasteiger partial charge in [0.15, 0.2) is 0 Å². The zero-order chi connectivity index (χ0) is 19.5. The number of rotatable bonds is 5. The standard InChI is InChI=1S/C19H29N5O4/c1-22(12-17-13-27-7-8-28-17)19(26)20-10-15-9-16-11-23(5-6-24(16)21-15)18(25)14-3-2-4-14/h9,14,17H,2-8,10-13H2,1H3,(H,20,26)/t17-/m0/s1. The summed E-state index contributed by atoms with van der Waals surface area (Å²) >= 11 is 0. The number of carbonyl (C=O) groups is 2. The first-order valence-electron chi connectivity index (χ1n) is 10.1. The molecule has 1 aromatic rings. The van der Waals surface area contributed by atoms with Crippen LogP contribution >= 0.6 is 0 Å². The Morgan fingerprint density at radius 3 is 2.89 bits per heavy atom. The van der Waals surface area contributed by atoms with Crippen LogP contribution in [0.25, 0.3) is 0 Å². The van der Waals surface area contributed by atoms with Crippen molar-refractivity contribution in [2.24, 2.45) is 5.92 Å². The molecule has 9 nitrogen and oxygen atoms in total. The third-order valence-electron chi connectivity index (χ3n) is 5.74. The molecule has 0 aromatic carbocycles. The highest BCUT2D eigenvalue weighted by Gasteiger charge is 2.31. The lowest BCUT2D eigenvalue weighted by atomic mass is 9.84. The smallest absolute Gasteiger partial charge is 0.317 e. The second kappa shape index (κ2) is 8.48. The summed E-state index contributed by atoms with van der Waals surface area (Å²) in [7, 11) is 1.75. The molecule has 1 N–H and O–H groups in total. The average molecular weight is 391 g/mol. The molecule has 3 heterocycles. The minimum Gasteiger partial charge on any atom is -0.376 e. The van der Waals surface area contributed by atoms with E-state index in [9.17, 15) is 9.59 Å². The molecule has 0 spiro atoms. The van der Waals surface area contributed by atoms with Crippen LogP contribution in [0.2, 0.25) is 0 Å². The zero-order valence-corrected chi connectivity index (χ0v) is 16.4. The van der Waals surface area contributed by atoms with Gasteiger partial charge in [0.1, 0.15) is 0 Å². The van der Waals surface area contributed by atoms with Crippen molar-refractivity contribution in [3.05, 3.63) is 17.5 Å². The Bertz CT molecular complexity index is 711. The van der Waals surface area contributed by atoms with Crippen molar-refractivity contribution in [1.29, 1.82) is 0 Å². The highest BCUT2D eigenvalue weighted by atomic mass is 16.6. The lowest BCUT2D eigenvalue weighted by Crippen LogP contribution is -2.44. The Balaban J connectivity index is 1.26. The summed E-state index contributed by atoms with van der Waals surface area (Å²) in [4.78, 5) is 28.3. The van der Waals surface area contributed by atoms with Crippen molar-refractivity contribution < 1.29 is 19.1 Å². The molecule has 9 heteroatoms. The summed E-state index contributed by atoms with van der Waals surface area (Å²) in [6, 6.07) is 1.82. The van der Waals surface area contributed by atoms with Gasteiger partial charge in [0.25, 0.3) is 0 Å². The van der Waals surface area contributed by atoms with E-state index in [0.29, 0.717) is 52.5 Å². The number of aromatic nitrogens is 2. The Morgan fingerprint density at radius 2 is 2.18 bits per heavy atom. The molecule has 1 atom stereocenters. The number of fused-ring (bicyclic) bond motifs is 1. The van der Waals surface area contributed by atoms with Crippen molar-refractivity contribution >= 4 is 11.9 Å². The molecule has 1 saturated heterocycles. The predicted octanol–water partition coefficient (Wildman–Crippen LogP) is 0.582. The van der Waals surface area contributed by atoms with Crippen LogP contribution in [0.5, 0.6) is 0 Å². The summed E-state index contributed by atoms with van der Waals surface area (Å²) in [5, 5.41) is 7.47. The van der Waals surface area contributed by atoms with Crippen LogP contribution in [0.1, 0.15) is 30.7 Å². The van der Waals surface area contributed by atoms with Crippen LogP contribution < -0.4 is 5.32 Å². The maximum Gasteiger partial charge on any atom is 0.317 e. The Kier molecular flexibility index (Phi) is 5.82. The first kappa shape index (κ1) is 19.2. The molecule has 2 fully saturated rings. The molecule has 154 valence electrons. The highest BCUT2D eigenvalue weighted by Crippen LogP contribution is 2.29. The highest BCUT2D eigenvalue weighted by molar-refractivity contribution is 5.79. The van der Waals surface area contributed by atoms with Gasteiger partial charge >= 0.3 is 6.03 Å². The minimum absolute atomic E-state index is 0.0800. The number of nitrogens with zero attached hydrogens (tertiary/aromatic N) is 4. The molecule has 28 heavy (non-hydrogen) atoms. The number of hydrogen-bond acceptors (Lipinski definition) is 5. The van der Waals surface area contributed by atoms with Crippen LogP contribution in [0.15, 0.2) is 6.07 Å². The van der Waals surface area contributed by atoms with Gasteiger partial charge < -0.3 is 24.6 Å². The van der Waals surface area contributed by atoms with Gasteiger partial charge in [-0.05, 0) is 18.9 Å². The summed E-state index contributed by atoms with van der Waals surface area (Å²) in [5.41, 5.74) is 1.84. The number of ether oxygens (including phenoxy) is 2. The van der Waals surface area contributed by atoms with E-state index in [1.807, 2.05) is 15.6 Å². The molecule has 1 aromatic heterocycles. The summed E-state index contributed by atoms with van der Waals surface area (Å²) < 4.78 is 12.9. The van der Waals surface area contributed by atoms with Crippen LogP contribution in [0.3, 0.4) is 0 Å². The van der Waals surface area contributed by atoms with Crippen molar-refractivity contribution in [3.63, 3.8) is 0 Å². The predicted molar refractivity (Wildman–Crippen MR) is 100 cm³/mol. The molecular weight excluding hydrogens is 362 g/mol. The number of carbonyl (C=O) groups excluding carboxylic acids is 2. The van der Waals surface area contributed by atoms with Gasteiger partial charge in [-0.1, -0.05) is 6.42 Å². The van der Waals surface area contributed by atoms with Gasteiger partial charge in [-0.15, -0.1) is 0 Å². The van der Waals surface area contributed by atoms with Gasteiger partial charge in [-0.2, -0.15) is 5.10 Å². The van der Waals surface area contributed by atoms with E-state index in [-0.39, 0.29) is 24.0 Å².